The molecule has 1 saturated heterocycles. The second-order valence-corrected chi connectivity index (χ2v) is 6.65. The highest BCUT2D eigenvalue weighted by Crippen LogP contribution is 2.17. The lowest BCUT2D eigenvalue weighted by Crippen LogP contribution is -2.39. The van der Waals surface area contributed by atoms with Crippen LogP contribution in [0.2, 0.25) is 0 Å². The smallest absolute Gasteiger partial charge is 0.221 e. The molecule has 2 aliphatic rings. The van der Waals surface area contributed by atoms with Crippen LogP contribution in [0.3, 0.4) is 0 Å². The van der Waals surface area contributed by atoms with Crippen molar-refractivity contribution < 1.29 is 9.53 Å². The lowest BCUT2D eigenvalue weighted by molar-refractivity contribution is -0.121. The fourth-order valence-electron chi connectivity index (χ4n) is 3.23. The molecule has 0 aromatic heterocycles. The number of nitrogens with two attached hydrogens (primary N) is 1. The van der Waals surface area contributed by atoms with Crippen molar-refractivity contribution in [1.29, 1.82) is 0 Å². The number of amides is 1. The van der Waals surface area contributed by atoms with Crippen molar-refractivity contribution >= 4 is 11.9 Å². The van der Waals surface area contributed by atoms with Crippen LogP contribution in [-0.2, 0) is 9.53 Å². The molecule has 1 aliphatic heterocycles. The summed E-state index contributed by atoms with van der Waals surface area (Å²) in [5.74, 6) is 0.539. The van der Waals surface area contributed by atoms with E-state index >= 15 is 0 Å². The van der Waals surface area contributed by atoms with Crippen molar-refractivity contribution in [3.8, 4) is 0 Å². The van der Waals surface area contributed by atoms with Gasteiger partial charge >= 0.3 is 0 Å². The van der Waals surface area contributed by atoms with E-state index in [1.54, 1.807) is 0 Å². The van der Waals surface area contributed by atoms with Crippen molar-refractivity contribution in [2.75, 3.05) is 45.9 Å². The molecule has 138 valence electrons. The van der Waals surface area contributed by atoms with E-state index in [1.165, 1.54) is 19.3 Å². The van der Waals surface area contributed by atoms with Crippen molar-refractivity contribution in [3.63, 3.8) is 0 Å². The van der Waals surface area contributed by atoms with Crippen LogP contribution >= 0.6 is 0 Å². The van der Waals surface area contributed by atoms with Crippen molar-refractivity contribution in [2.24, 2.45) is 10.7 Å². The molecule has 1 heterocycles. The summed E-state index contributed by atoms with van der Waals surface area (Å²) in [4.78, 5) is 18.6. The van der Waals surface area contributed by atoms with Gasteiger partial charge in [-0.1, -0.05) is 19.3 Å². The van der Waals surface area contributed by atoms with E-state index in [2.05, 4.69) is 20.5 Å². The Kier molecular flexibility index (Phi) is 8.91. The molecular formula is C17H33N5O2. The molecule has 24 heavy (non-hydrogen) atoms. The van der Waals surface area contributed by atoms with Crippen molar-refractivity contribution in [2.45, 2.75) is 51.0 Å². The summed E-state index contributed by atoms with van der Waals surface area (Å²) in [5.41, 5.74) is 5.84. The minimum absolute atomic E-state index is 0.106. The Morgan fingerprint density at radius 1 is 1.21 bits per heavy atom. The fraction of sp³-hybridized carbons (Fsp3) is 0.882. The van der Waals surface area contributed by atoms with Crippen LogP contribution < -0.4 is 16.4 Å². The zero-order valence-corrected chi connectivity index (χ0v) is 14.8. The second-order valence-electron chi connectivity index (χ2n) is 6.65. The van der Waals surface area contributed by atoms with Gasteiger partial charge in [0.2, 0.25) is 5.91 Å². The molecule has 0 atom stereocenters. The van der Waals surface area contributed by atoms with E-state index in [0.717, 1.165) is 52.1 Å². The SMILES string of the molecule is NC(=NCCCN1CCOCC1)NCCC(=O)NC1CCCCC1. The maximum atomic E-state index is 11.9. The Hall–Kier alpha value is -1.34. The number of ether oxygens (including phenoxy) is 1. The lowest BCUT2D eigenvalue weighted by atomic mass is 9.95. The Morgan fingerprint density at radius 2 is 1.96 bits per heavy atom. The third kappa shape index (κ3) is 7.97. The van der Waals surface area contributed by atoms with Gasteiger partial charge in [-0.25, -0.2) is 0 Å². The average Bonchev–Trinajstić information content (AvgIpc) is 2.60. The van der Waals surface area contributed by atoms with Crippen LogP contribution in [-0.4, -0.2) is 68.7 Å². The Bertz CT molecular complexity index is 390. The quantitative estimate of drug-likeness (QED) is 0.339. The number of aliphatic imine (C=N–C) groups is 1. The molecule has 1 aliphatic carbocycles. The molecule has 4 N–H and O–H groups in total. The largest absolute Gasteiger partial charge is 0.379 e. The zero-order chi connectivity index (χ0) is 17.0. The van der Waals surface area contributed by atoms with E-state index in [1.807, 2.05) is 0 Å². The average molecular weight is 339 g/mol. The van der Waals surface area contributed by atoms with Gasteiger partial charge in [-0.15, -0.1) is 0 Å². The Labute approximate surface area is 145 Å². The highest BCUT2D eigenvalue weighted by molar-refractivity contribution is 5.80. The summed E-state index contributed by atoms with van der Waals surface area (Å²) >= 11 is 0. The number of morpholine rings is 1. The molecule has 0 aromatic rings. The first-order valence-corrected chi connectivity index (χ1v) is 9.37. The first-order chi connectivity index (χ1) is 11.7. The highest BCUT2D eigenvalue weighted by Gasteiger charge is 2.15. The summed E-state index contributed by atoms with van der Waals surface area (Å²) in [5, 5.41) is 6.13. The standard InChI is InChI=1S/C17H33N5O2/c18-17(19-8-4-10-22-11-13-24-14-12-22)20-9-7-16(23)21-15-5-2-1-3-6-15/h15H,1-14H2,(H,21,23)(H3,18,19,20). The van der Waals surface area contributed by atoms with Crippen LogP contribution in [0.15, 0.2) is 4.99 Å². The normalized spacial score (nSPS) is 20.8. The van der Waals surface area contributed by atoms with Crippen LogP contribution in [0, 0.1) is 0 Å². The lowest BCUT2D eigenvalue weighted by Gasteiger charge is -2.26. The van der Waals surface area contributed by atoms with Gasteiger partial charge in [-0.3, -0.25) is 14.7 Å². The summed E-state index contributed by atoms with van der Waals surface area (Å²) in [6, 6.07) is 0.373. The third-order valence-electron chi connectivity index (χ3n) is 4.65. The van der Waals surface area contributed by atoms with Crippen LogP contribution in [0.4, 0.5) is 0 Å². The zero-order valence-electron chi connectivity index (χ0n) is 14.8. The predicted octanol–water partition coefficient (Wildman–Crippen LogP) is 0.452. The first kappa shape index (κ1) is 19.0. The molecule has 2 fully saturated rings. The van der Waals surface area contributed by atoms with Gasteiger partial charge in [-0.05, 0) is 19.3 Å². The number of carbonyl (C=O) groups is 1. The Morgan fingerprint density at radius 3 is 2.71 bits per heavy atom. The second kappa shape index (κ2) is 11.3. The molecule has 0 unspecified atom stereocenters. The van der Waals surface area contributed by atoms with E-state index in [-0.39, 0.29) is 5.91 Å². The number of carbonyl (C=O) groups excluding carboxylic acids is 1. The number of nitrogens with zero attached hydrogens (tertiary/aromatic N) is 2. The molecule has 0 aromatic carbocycles. The molecule has 0 bridgehead atoms. The van der Waals surface area contributed by atoms with Crippen LogP contribution in [0.5, 0.6) is 0 Å². The van der Waals surface area contributed by atoms with Crippen LogP contribution in [0.1, 0.15) is 44.9 Å². The van der Waals surface area contributed by atoms with Crippen LogP contribution in [0.25, 0.3) is 0 Å². The maximum absolute atomic E-state index is 11.9. The molecule has 1 amide bonds. The molecule has 0 radical (unpaired) electrons. The number of hydrogen-bond acceptors (Lipinski definition) is 4. The van der Waals surface area contributed by atoms with Crippen molar-refractivity contribution in [1.82, 2.24) is 15.5 Å². The summed E-state index contributed by atoms with van der Waals surface area (Å²) in [6.45, 7) is 5.96. The topological polar surface area (TPSA) is 92.0 Å². The van der Waals surface area contributed by atoms with E-state index < -0.39 is 0 Å². The number of hydrogen-bond donors (Lipinski definition) is 3. The van der Waals surface area contributed by atoms with Crippen molar-refractivity contribution in [3.05, 3.63) is 0 Å². The monoisotopic (exact) mass is 339 g/mol. The highest BCUT2D eigenvalue weighted by atomic mass is 16.5. The molecule has 0 spiro atoms. The number of rotatable bonds is 8. The minimum Gasteiger partial charge on any atom is -0.379 e. The minimum atomic E-state index is 0.106. The molecule has 1 saturated carbocycles. The summed E-state index contributed by atoms with van der Waals surface area (Å²) < 4.78 is 5.32. The first-order valence-electron chi connectivity index (χ1n) is 9.37. The molecular weight excluding hydrogens is 306 g/mol. The summed E-state index contributed by atoms with van der Waals surface area (Å²) in [7, 11) is 0. The maximum Gasteiger partial charge on any atom is 0.221 e. The van der Waals surface area contributed by atoms with Gasteiger partial charge < -0.3 is 21.1 Å². The molecule has 7 nitrogen and oxygen atoms in total. The van der Waals surface area contributed by atoms with Gasteiger partial charge in [0.05, 0.1) is 13.2 Å². The number of guanidine groups is 1. The van der Waals surface area contributed by atoms with Gasteiger partial charge in [0.25, 0.3) is 0 Å². The van der Waals surface area contributed by atoms with Gasteiger partial charge in [0.15, 0.2) is 5.96 Å². The molecule has 7 heteroatoms. The predicted molar refractivity (Wildman–Crippen MR) is 96.0 cm³/mol. The van der Waals surface area contributed by atoms with E-state index in [9.17, 15) is 4.79 Å². The number of nitrogens with one attached hydrogen (secondary N) is 2. The Balaban J connectivity index is 1.48. The van der Waals surface area contributed by atoms with E-state index in [0.29, 0.717) is 31.5 Å². The fourth-order valence-corrected chi connectivity index (χ4v) is 3.23. The van der Waals surface area contributed by atoms with Gasteiger partial charge in [0, 0.05) is 45.2 Å². The van der Waals surface area contributed by atoms with Gasteiger partial charge in [0.1, 0.15) is 0 Å². The van der Waals surface area contributed by atoms with E-state index in [4.69, 9.17) is 10.5 Å². The van der Waals surface area contributed by atoms with Gasteiger partial charge in [-0.2, -0.15) is 0 Å². The third-order valence-corrected chi connectivity index (χ3v) is 4.65. The summed E-state index contributed by atoms with van der Waals surface area (Å²) in [6.07, 6.45) is 7.43. The molecule has 2 rings (SSSR count).